The molecule has 4 unspecified atom stereocenters. The fourth-order valence-corrected chi connectivity index (χ4v) is 7.16. The van der Waals surface area contributed by atoms with Crippen LogP contribution < -0.4 is 15.0 Å². The molecule has 0 aliphatic carbocycles. The second kappa shape index (κ2) is 11.2. The van der Waals surface area contributed by atoms with Gasteiger partial charge in [-0.1, -0.05) is 47.5 Å². The van der Waals surface area contributed by atoms with E-state index in [0.29, 0.717) is 42.8 Å². The number of hydrogen-bond donors (Lipinski definition) is 1. The van der Waals surface area contributed by atoms with Crippen molar-refractivity contribution in [2.24, 2.45) is 5.92 Å². The number of para-hydroxylation sites is 1. The van der Waals surface area contributed by atoms with Crippen molar-refractivity contribution < 1.29 is 28.2 Å². The van der Waals surface area contributed by atoms with E-state index in [0.717, 1.165) is 5.56 Å². The molecule has 0 saturated carbocycles. The Bertz CT molecular complexity index is 1600. The Morgan fingerprint density at radius 2 is 1.86 bits per heavy atom. The number of nitrogens with zero attached hydrogens (tertiary/aromatic N) is 2. The predicted molar refractivity (Wildman–Crippen MR) is 161 cm³/mol. The number of amides is 3. The van der Waals surface area contributed by atoms with Crippen molar-refractivity contribution in [2.75, 3.05) is 23.9 Å². The molecule has 4 atom stereocenters. The molecule has 3 aromatic carbocycles. The Kier molecular flexibility index (Phi) is 7.54. The first-order chi connectivity index (χ1) is 20.7. The number of rotatable bonds is 4. The van der Waals surface area contributed by atoms with E-state index in [1.54, 1.807) is 29.9 Å². The molecule has 3 aliphatic rings. The maximum Gasteiger partial charge on any atom is 0.412 e. The first-order valence-corrected chi connectivity index (χ1v) is 14.8. The number of hydrogen-bond acceptors (Lipinski definition) is 5. The van der Waals surface area contributed by atoms with Crippen LogP contribution in [0.2, 0.25) is 5.02 Å². The van der Waals surface area contributed by atoms with Crippen LogP contribution in [0.4, 0.5) is 20.6 Å². The highest BCUT2D eigenvalue weighted by molar-refractivity contribution is 6.31. The molecule has 2 saturated heterocycles. The van der Waals surface area contributed by atoms with Crippen molar-refractivity contribution in [2.45, 2.75) is 57.2 Å². The summed E-state index contributed by atoms with van der Waals surface area (Å²) >= 11 is 6.19. The number of nitrogens with one attached hydrogen (secondary N) is 1. The lowest BCUT2D eigenvalue weighted by molar-refractivity contribution is -0.153. The Hall–Kier alpha value is -4.11. The SMILES string of the molecule is COc1ccccc1C1C(C(=O)N2CCCC3(OC(=O)Nc4ccc(Cl)c(F)c43)C2C)CCC(=O)N1c1ccc(C)cc1. The summed E-state index contributed by atoms with van der Waals surface area (Å²) in [5.74, 6) is -1.05. The summed E-state index contributed by atoms with van der Waals surface area (Å²) in [6, 6.07) is 16.6. The van der Waals surface area contributed by atoms with Crippen molar-refractivity contribution in [3.63, 3.8) is 0 Å². The van der Waals surface area contributed by atoms with Gasteiger partial charge in [0.25, 0.3) is 0 Å². The van der Waals surface area contributed by atoms with Gasteiger partial charge in [-0.25, -0.2) is 9.18 Å². The molecule has 0 aromatic heterocycles. The van der Waals surface area contributed by atoms with Crippen LogP contribution in [0.15, 0.2) is 60.7 Å². The van der Waals surface area contributed by atoms with Crippen LogP contribution >= 0.6 is 11.6 Å². The van der Waals surface area contributed by atoms with Crippen molar-refractivity contribution in [1.82, 2.24) is 4.90 Å². The monoisotopic (exact) mass is 605 g/mol. The molecule has 1 N–H and O–H groups in total. The molecule has 10 heteroatoms. The number of carbonyl (C=O) groups excluding carboxylic acids is 3. The molecule has 0 radical (unpaired) electrons. The van der Waals surface area contributed by atoms with Crippen molar-refractivity contribution in [3.05, 3.63) is 88.2 Å². The molecule has 3 aliphatic heterocycles. The summed E-state index contributed by atoms with van der Waals surface area (Å²) in [5, 5.41) is 2.49. The van der Waals surface area contributed by atoms with Crippen molar-refractivity contribution in [1.29, 1.82) is 0 Å². The van der Waals surface area contributed by atoms with Gasteiger partial charge in [0.1, 0.15) is 5.75 Å². The van der Waals surface area contributed by atoms with Crippen LogP contribution in [0.3, 0.4) is 0 Å². The van der Waals surface area contributed by atoms with Crippen LogP contribution in [-0.2, 0) is 19.9 Å². The third kappa shape index (κ3) is 4.79. The first kappa shape index (κ1) is 29.0. The second-order valence-corrected chi connectivity index (χ2v) is 11.8. The zero-order chi connectivity index (χ0) is 30.5. The summed E-state index contributed by atoms with van der Waals surface area (Å²) in [6.07, 6.45) is 0.578. The van der Waals surface area contributed by atoms with E-state index in [2.05, 4.69) is 5.32 Å². The van der Waals surface area contributed by atoms with Gasteiger partial charge in [-0.15, -0.1) is 0 Å². The molecule has 6 rings (SSSR count). The summed E-state index contributed by atoms with van der Waals surface area (Å²) in [4.78, 5) is 44.4. The number of methoxy groups -OCH3 is 1. The van der Waals surface area contributed by atoms with E-state index in [4.69, 9.17) is 21.1 Å². The normalized spacial score (nSPS) is 25.2. The highest BCUT2D eigenvalue weighted by atomic mass is 35.5. The summed E-state index contributed by atoms with van der Waals surface area (Å²) in [6.45, 7) is 4.14. The molecule has 2 fully saturated rings. The summed E-state index contributed by atoms with van der Waals surface area (Å²) in [7, 11) is 1.57. The maximum absolute atomic E-state index is 15.6. The predicted octanol–water partition coefficient (Wildman–Crippen LogP) is 6.75. The zero-order valence-corrected chi connectivity index (χ0v) is 25.0. The minimum atomic E-state index is -1.43. The molecule has 8 nitrogen and oxygen atoms in total. The van der Waals surface area contributed by atoms with Crippen LogP contribution in [0.25, 0.3) is 0 Å². The molecule has 43 heavy (non-hydrogen) atoms. The fourth-order valence-electron chi connectivity index (χ4n) is 7.00. The van der Waals surface area contributed by atoms with E-state index in [1.165, 1.54) is 6.07 Å². The fraction of sp³-hybridized carbons (Fsp3) is 0.364. The number of aryl methyl sites for hydroxylation is 1. The van der Waals surface area contributed by atoms with Gasteiger partial charge in [0.05, 0.1) is 41.4 Å². The van der Waals surface area contributed by atoms with Crippen LogP contribution in [0.5, 0.6) is 5.75 Å². The van der Waals surface area contributed by atoms with Gasteiger partial charge in [0, 0.05) is 24.2 Å². The summed E-state index contributed by atoms with van der Waals surface area (Å²) in [5.41, 5.74) is 1.44. The van der Waals surface area contributed by atoms with Crippen LogP contribution in [0.1, 0.15) is 55.3 Å². The highest BCUT2D eigenvalue weighted by Gasteiger charge is 2.55. The number of fused-ring (bicyclic) bond motifs is 2. The Morgan fingerprint density at radius 3 is 2.60 bits per heavy atom. The number of anilines is 2. The van der Waals surface area contributed by atoms with Gasteiger partial charge in [-0.05, 0) is 63.4 Å². The molecular formula is C33H33ClFN3O5. The lowest BCUT2D eigenvalue weighted by atomic mass is 9.76. The standard InChI is InChI=1S/C33H33ClFN3O5/c1-19-9-11-21(12-10-19)38-27(39)16-13-23(30(38)22-7-4-5-8-26(22)42-3)31(40)37-18-6-17-33(20(37)2)28-25(36-32(41)43-33)15-14-24(34)29(28)35/h4-5,7-12,14-15,20,23,30H,6,13,16-18H2,1-3H3,(H,36,41). The number of carbonyl (C=O) groups is 3. The Labute approximate surface area is 254 Å². The topological polar surface area (TPSA) is 88.2 Å². The van der Waals surface area contributed by atoms with E-state index in [9.17, 15) is 14.4 Å². The maximum atomic E-state index is 15.6. The molecule has 224 valence electrons. The Morgan fingerprint density at radius 1 is 1.12 bits per heavy atom. The number of halogens is 2. The number of ether oxygens (including phenoxy) is 2. The highest BCUT2D eigenvalue weighted by Crippen LogP contribution is 2.50. The van der Waals surface area contributed by atoms with E-state index in [-0.39, 0.29) is 34.5 Å². The third-order valence-electron chi connectivity index (χ3n) is 9.09. The third-order valence-corrected chi connectivity index (χ3v) is 9.38. The largest absolute Gasteiger partial charge is 0.496 e. The van der Waals surface area contributed by atoms with Crippen LogP contribution in [-0.4, -0.2) is 42.5 Å². The Balaban J connectivity index is 1.44. The minimum absolute atomic E-state index is 0.0927. The molecular weight excluding hydrogens is 573 g/mol. The smallest absolute Gasteiger partial charge is 0.412 e. The molecule has 3 heterocycles. The van der Waals surface area contributed by atoms with Crippen LogP contribution in [0, 0.1) is 18.7 Å². The first-order valence-electron chi connectivity index (χ1n) is 14.5. The van der Waals surface area contributed by atoms with E-state index in [1.807, 2.05) is 55.5 Å². The van der Waals surface area contributed by atoms with E-state index < -0.39 is 35.5 Å². The number of benzene rings is 3. The van der Waals surface area contributed by atoms with Gasteiger partial charge in [0.2, 0.25) is 11.8 Å². The lowest BCUT2D eigenvalue weighted by Gasteiger charge is -2.51. The molecule has 3 aromatic rings. The van der Waals surface area contributed by atoms with Crippen molar-refractivity contribution in [3.8, 4) is 5.75 Å². The minimum Gasteiger partial charge on any atom is -0.496 e. The number of likely N-dealkylation sites (tertiary alicyclic amines) is 1. The average molecular weight is 606 g/mol. The quantitative estimate of drug-likeness (QED) is 0.355. The number of piperidine rings is 2. The molecule has 0 bridgehead atoms. The zero-order valence-electron chi connectivity index (χ0n) is 24.2. The van der Waals surface area contributed by atoms with Gasteiger partial charge < -0.3 is 19.3 Å². The average Bonchev–Trinajstić information content (AvgIpc) is 3.00. The van der Waals surface area contributed by atoms with Crippen molar-refractivity contribution >= 4 is 40.9 Å². The van der Waals surface area contributed by atoms with E-state index >= 15 is 4.39 Å². The summed E-state index contributed by atoms with van der Waals surface area (Å²) < 4.78 is 27.3. The second-order valence-electron chi connectivity index (χ2n) is 11.4. The van der Waals surface area contributed by atoms with Gasteiger partial charge >= 0.3 is 6.09 Å². The molecule has 1 spiro atoms. The molecule has 3 amide bonds. The lowest BCUT2D eigenvalue weighted by Crippen LogP contribution is -2.61. The van der Waals surface area contributed by atoms with Gasteiger partial charge in [0.15, 0.2) is 11.4 Å². The van der Waals surface area contributed by atoms with Gasteiger partial charge in [-0.2, -0.15) is 0 Å². The van der Waals surface area contributed by atoms with Gasteiger partial charge in [-0.3, -0.25) is 14.9 Å².